The Morgan fingerprint density at radius 3 is 2.61 bits per heavy atom. The normalized spacial score (nSPS) is 14.8. The maximum absolute atomic E-state index is 12.5. The van der Waals surface area contributed by atoms with Gasteiger partial charge in [-0.25, -0.2) is 0 Å². The number of hydrogen-bond donors (Lipinski definition) is 1. The molecule has 0 radical (unpaired) electrons. The van der Waals surface area contributed by atoms with Gasteiger partial charge in [-0.3, -0.25) is 9.59 Å². The van der Waals surface area contributed by atoms with Gasteiger partial charge < -0.3 is 10.6 Å². The fraction of sp³-hybridized carbons (Fsp3) is 0.273. The highest BCUT2D eigenvalue weighted by molar-refractivity contribution is 6.04. The van der Waals surface area contributed by atoms with E-state index in [1.54, 1.807) is 0 Å². The SMILES string of the molecule is NC(=O)CN1C(=O)Cc2cc(C(F)(F)F)ccc21. The van der Waals surface area contributed by atoms with Crippen molar-refractivity contribution in [1.82, 2.24) is 0 Å². The molecule has 18 heavy (non-hydrogen) atoms. The molecule has 2 rings (SSSR count). The maximum Gasteiger partial charge on any atom is 0.416 e. The van der Waals surface area contributed by atoms with Gasteiger partial charge in [-0.05, 0) is 23.8 Å². The van der Waals surface area contributed by atoms with Crippen molar-refractivity contribution < 1.29 is 22.8 Å². The molecule has 0 saturated heterocycles. The molecule has 0 bridgehead atoms. The summed E-state index contributed by atoms with van der Waals surface area (Å²) in [5.74, 6) is -1.14. The number of halogens is 3. The Morgan fingerprint density at radius 1 is 1.39 bits per heavy atom. The van der Waals surface area contributed by atoms with Gasteiger partial charge in [0, 0.05) is 5.69 Å². The molecule has 4 nitrogen and oxygen atoms in total. The van der Waals surface area contributed by atoms with Crippen LogP contribution in [0.2, 0.25) is 0 Å². The summed E-state index contributed by atoms with van der Waals surface area (Å²) in [7, 11) is 0. The van der Waals surface area contributed by atoms with Gasteiger partial charge in [-0.15, -0.1) is 0 Å². The molecule has 96 valence electrons. The zero-order valence-electron chi connectivity index (χ0n) is 9.12. The minimum Gasteiger partial charge on any atom is -0.368 e. The van der Waals surface area contributed by atoms with Crippen LogP contribution in [0.25, 0.3) is 0 Å². The molecule has 7 heteroatoms. The lowest BCUT2D eigenvalue weighted by atomic mass is 10.1. The first-order chi connectivity index (χ1) is 8.29. The number of hydrogen-bond acceptors (Lipinski definition) is 2. The van der Waals surface area contributed by atoms with E-state index in [1.807, 2.05) is 0 Å². The van der Waals surface area contributed by atoms with E-state index in [2.05, 4.69) is 0 Å². The fourth-order valence-electron chi connectivity index (χ4n) is 1.89. The quantitative estimate of drug-likeness (QED) is 0.862. The highest BCUT2D eigenvalue weighted by Gasteiger charge is 2.34. The molecule has 1 heterocycles. The summed E-state index contributed by atoms with van der Waals surface area (Å²) in [6.07, 6.45) is -4.60. The average molecular weight is 258 g/mol. The number of nitrogens with zero attached hydrogens (tertiary/aromatic N) is 1. The molecule has 0 fully saturated rings. The largest absolute Gasteiger partial charge is 0.416 e. The number of carbonyl (C=O) groups is 2. The molecule has 1 aliphatic heterocycles. The smallest absolute Gasteiger partial charge is 0.368 e. The Morgan fingerprint density at radius 2 is 2.06 bits per heavy atom. The minimum absolute atomic E-state index is 0.146. The number of amides is 2. The highest BCUT2D eigenvalue weighted by Crippen LogP contribution is 2.35. The van der Waals surface area contributed by atoms with Crippen molar-refractivity contribution >= 4 is 17.5 Å². The second kappa shape index (κ2) is 4.01. The van der Waals surface area contributed by atoms with Crippen LogP contribution in [0.4, 0.5) is 18.9 Å². The van der Waals surface area contributed by atoms with Gasteiger partial charge >= 0.3 is 6.18 Å². The van der Waals surface area contributed by atoms with Crippen LogP contribution in [0.5, 0.6) is 0 Å². The lowest BCUT2D eigenvalue weighted by molar-refractivity contribution is -0.137. The number of anilines is 1. The van der Waals surface area contributed by atoms with Gasteiger partial charge in [0.25, 0.3) is 0 Å². The molecule has 1 aromatic carbocycles. The van der Waals surface area contributed by atoms with E-state index >= 15 is 0 Å². The number of primary amides is 1. The summed E-state index contributed by atoms with van der Waals surface area (Å²) < 4.78 is 37.5. The van der Waals surface area contributed by atoms with Crippen LogP contribution in [0.3, 0.4) is 0 Å². The molecule has 1 aromatic rings. The molecular weight excluding hydrogens is 249 g/mol. The summed E-state index contributed by atoms with van der Waals surface area (Å²) in [5.41, 5.74) is 4.74. The van der Waals surface area contributed by atoms with Gasteiger partial charge in [-0.1, -0.05) is 0 Å². The Hall–Kier alpha value is -2.05. The van der Waals surface area contributed by atoms with Crippen LogP contribution in [0, 0.1) is 0 Å². The van der Waals surface area contributed by atoms with Crippen LogP contribution < -0.4 is 10.6 Å². The molecule has 0 atom stereocenters. The van der Waals surface area contributed by atoms with Crippen molar-refractivity contribution in [2.24, 2.45) is 5.73 Å². The van der Waals surface area contributed by atoms with Crippen LogP contribution in [-0.4, -0.2) is 18.4 Å². The molecular formula is C11H9F3N2O2. The Balaban J connectivity index is 2.38. The van der Waals surface area contributed by atoms with Crippen molar-refractivity contribution in [3.63, 3.8) is 0 Å². The van der Waals surface area contributed by atoms with E-state index < -0.39 is 23.6 Å². The zero-order valence-corrected chi connectivity index (χ0v) is 9.12. The van der Waals surface area contributed by atoms with Crippen LogP contribution in [0.1, 0.15) is 11.1 Å². The monoisotopic (exact) mass is 258 g/mol. The molecule has 0 unspecified atom stereocenters. The van der Waals surface area contributed by atoms with Gasteiger partial charge in [0.1, 0.15) is 6.54 Å². The fourth-order valence-corrected chi connectivity index (χ4v) is 1.89. The lowest BCUT2D eigenvalue weighted by Crippen LogP contribution is -2.35. The number of carbonyl (C=O) groups excluding carboxylic acids is 2. The summed E-state index contributed by atoms with van der Waals surface area (Å²) >= 11 is 0. The van der Waals surface area contributed by atoms with Crippen molar-refractivity contribution in [2.75, 3.05) is 11.4 Å². The van der Waals surface area contributed by atoms with Crippen LogP contribution in [-0.2, 0) is 22.2 Å². The number of rotatable bonds is 2. The first kappa shape index (κ1) is 12.4. The van der Waals surface area contributed by atoms with Gasteiger partial charge in [0.05, 0.1) is 12.0 Å². The van der Waals surface area contributed by atoms with Crippen molar-refractivity contribution in [1.29, 1.82) is 0 Å². The second-order valence-corrected chi connectivity index (χ2v) is 3.96. The molecule has 2 N–H and O–H groups in total. The molecule has 0 aliphatic carbocycles. The lowest BCUT2D eigenvalue weighted by Gasteiger charge is -2.15. The molecule has 1 aliphatic rings. The zero-order chi connectivity index (χ0) is 13.5. The van der Waals surface area contributed by atoms with Crippen molar-refractivity contribution in [2.45, 2.75) is 12.6 Å². The Kier molecular flexibility index (Phi) is 2.76. The summed E-state index contributed by atoms with van der Waals surface area (Å²) in [4.78, 5) is 23.4. The standard InChI is InChI=1S/C11H9F3N2O2/c12-11(13,14)7-1-2-8-6(3-7)4-10(18)16(8)5-9(15)17/h1-3H,4-5H2,(H2,15,17). The summed E-state index contributed by atoms with van der Waals surface area (Å²) in [6.45, 7) is -0.322. The van der Waals surface area contributed by atoms with Gasteiger partial charge in [0.15, 0.2) is 0 Å². The average Bonchev–Trinajstić information content (AvgIpc) is 2.53. The van der Waals surface area contributed by atoms with E-state index in [1.165, 1.54) is 6.07 Å². The summed E-state index contributed by atoms with van der Waals surface area (Å²) in [5, 5.41) is 0. The highest BCUT2D eigenvalue weighted by atomic mass is 19.4. The molecule has 0 spiro atoms. The third kappa shape index (κ3) is 2.15. The van der Waals surface area contributed by atoms with Gasteiger partial charge in [-0.2, -0.15) is 13.2 Å². The topological polar surface area (TPSA) is 63.4 Å². The predicted octanol–water partition coefficient (Wildman–Crippen LogP) is 1.08. The number of nitrogens with two attached hydrogens (primary N) is 1. The predicted molar refractivity (Wildman–Crippen MR) is 56.7 cm³/mol. The minimum atomic E-state index is -4.45. The third-order valence-electron chi connectivity index (χ3n) is 2.65. The van der Waals surface area contributed by atoms with Crippen LogP contribution >= 0.6 is 0 Å². The number of benzene rings is 1. The first-order valence-electron chi connectivity index (χ1n) is 5.08. The van der Waals surface area contributed by atoms with Crippen LogP contribution in [0.15, 0.2) is 18.2 Å². The van der Waals surface area contributed by atoms with E-state index in [4.69, 9.17) is 5.73 Å². The van der Waals surface area contributed by atoms with Crippen molar-refractivity contribution in [3.8, 4) is 0 Å². The van der Waals surface area contributed by atoms with Gasteiger partial charge in [0.2, 0.25) is 11.8 Å². The number of alkyl halides is 3. The van der Waals surface area contributed by atoms with E-state index in [0.29, 0.717) is 5.69 Å². The summed E-state index contributed by atoms with van der Waals surface area (Å²) in [6, 6.07) is 2.99. The Labute approximate surface area is 100 Å². The van der Waals surface area contributed by atoms with E-state index in [9.17, 15) is 22.8 Å². The second-order valence-electron chi connectivity index (χ2n) is 3.96. The maximum atomic E-state index is 12.5. The Bertz CT molecular complexity index is 526. The first-order valence-corrected chi connectivity index (χ1v) is 5.08. The molecule has 2 amide bonds. The van der Waals surface area contributed by atoms with E-state index in [0.717, 1.165) is 17.0 Å². The number of fused-ring (bicyclic) bond motifs is 1. The van der Waals surface area contributed by atoms with E-state index in [-0.39, 0.29) is 18.5 Å². The third-order valence-corrected chi connectivity index (χ3v) is 2.65. The molecule has 0 saturated carbocycles. The van der Waals surface area contributed by atoms with Crippen molar-refractivity contribution in [3.05, 3.63) is 29.3 Å². The molecule has 0 aromatic heterocycles.